The second kappa shape index (κ2) is 4.09. The second-order valence-corrected chi connectivity index (χ2v) is 4.41. The fourth-order valence-corrected chi connectivity index (χ4v) is 2.08. The number of allylic oxidation sites excluding steroid dienone is 1. The van der Waals surface area contributed by atoms with Crippen LogP contribution in [0.5, 0.6) is 0 Å². The van der Waals surface area contributed by atoms with Gasteiger partial charge < -0.3 is 0 Å². The van der Waals surface area contributed by atoms with Crippen molar-refractivity contribution in [1.82, 2.24) is 0 Å². The lowest BCUT2D eigenvalue weighted by atomic mass is 10.4. The van der Waals surface area contributed by atoms with Crippen LogP contribution in [0.15, 0.2) is 11.8 Å². The van der Waals surface area contributed by atoms with Gasteiger partial charge in [-0.25, -0.2) is 0 Å². The van der Waals surface area contributed by atoms with Crippen LogP contribution >= 0.6 is 34.5 Å². The standard InChI is InChI=1S/C7H5Cl2NO2S/c1-4(10(11)12)2-5-3-6(8)7(9)13-5/h2-3H,1H3/b4-2+. The summed E-state index contributed by atoms with van der Waals surface area (Å²) in [7, 11) is 0. The van der Waals surface area contributed by atoms with Crippen LogP contribution in [-0.2, 0) is 0 Å². The summed E-state index contributed by atoms with van der Waals surface area (Å²) in [6, 6.07) is 1.60. The number of nitrogens with zero attached hydrogens (tertiary/aromatic N) is 1. The minimum atomic E-state index is -0.457. The summed E-state index contributed by atoms with van der Waals surface area (Å²) >= 11 is 12.6. The van der Waals surface area contributed by atoms with E-state index in [4.69, 9.17) is 23.2 Å². The van der Waals surface area contributed by atoms with Crippen molar-refractivity contribution in [2.75, 3.05) is 0 Å². The van der Waals surface area contributed by atoms with Crippen LogP contribution in [0.2, 0.25) is 9.36 Å². The van der Waals surface area contributed by atoms with Crippen LogP contribution in [0.25, 0.3) is 6.08 Å². The third-order valence-electron chi connectivity index (χ3n) is 1.30. The lowest BCUT2D eigenvalue weighted by molar-refractivity contribution is -0.422. The largest absolute Gasteiger partial charge is 0.259 e. The highest BCUT2D eigenvalue weighted by molar-refractivity contribution is 7.17. The average molecular weight is 238 g/mol. The number of thiophene rings is 1. The van der Waals surface area contributed by atoms with Crippen molar-refractivity contribution in [3.05, 3.63) is 36.1 Å². The normalized spacial score (nSPS) is 11.8. The molecule has 0 unspecified atom stereocenters. The van der Waals surface area contributed by atoms with E-state index >= 15 is 0 Å². The Balaban J connectivity index is 2.98. The molecule has 0 fully saturated rings. The van der Waals surface area contributed by atoms with Crippen LogP contribution in [0.3, 0.4) is 0 Å². The zero-order valence-corrected chi connectivity index (χ0v) is 8.91. The maximum atomic E-state index is 10.3. The summed E-state index contributed by atoms with van der Waals surface area (Å²) in [5, 5.41) is 10.7. The van der Waals surface area contributed by atoms with Crippen LogP contribution in [-0.4, -0.2) is 4.92 Å². The molecule has 0 radical (unpaired) electrons. The van der Waals surface area contributed by atoms with Gasteiger partial charge in [0.1, 0.15) is 4.34 Å². The van der Waals surface area contributed by atoms with E-state index in [-0.39, 0.29) is 5.70 Å². The molecular formula is C7H5Cl2NO2S. The van der Waals surface area contributed by atoms with E-state index in [1.807, 2.05) is 0 Å². The van der Waals surface area contributed by atoms with Gasteiger partial charge in [-0.1, -0.05) is 23.2 Å². The van der Waals surface area contributed by atoms with E-state index in [0.29, 0.717) is 14.2 Å². The molecule has 6 heteroatoms. The van der Waals surface area contributed by atoms with Crippen LogP contribution in [0.1, 0.15) is 11.8 Å². The quantitative estimate of drug-likeness (QED) is 0.582. The van der Waals surface area contributed by atoms with Crippen LogP contribution < -0.4 is 0 Å². The third-order valence-corrected chi connectivity index (χ3v) is 3.12. The molecule has 0 aliphatic heterocycles. The molecule has 0 spiro atoms. The molecule has 0 aliphatic rings. The zero-order chi connectivity index (χ0) is 10.0. The van der Waals surface area contributed by atoms with Gasteiger partial charge in [-0.05, 0) is 6.07 Å². The lowest BCUT2D eigenvalue weighted by Gasteiger charge is -1.86. The van der Waals surface area contributed by atoms with Gasteiger partial charge in [0, 0.05) is 17.9 Å². The maximum Gasteiger partial charge on any atom is 0.244 e. The first-order valence-corrected chi connectivity index (χ1v) is 4.85. The molecule has 0 aromatic carbocycles. The Morgan fingerprint density at radius 1 is 1.69 bits per heavy atom. The van der Waals surface area contributed by atoms with Crippen molar-refractivity contribution in [1.29, 1.82) is 0 Å². The summed E-state index contributed by atoms with van der Waals surface area (Å²) in [5.74, 6) is 0. The van der Waals surface area contributed by atoms with Gasteiger partial charge in [-0.2, -0.15) is 0 Å². The Bertz CT molecular complexity index is 353. The Labute approximate surface area is 88.7 Å². The van der Waals surface area contributed by atoms with Gasteiger partial charge in [0.15, 0.2) is 0 Å². The van der Waals surface area contributed by atoms with E-state index < -0.39 is 4.92 Å². The molecule has 1 aromatic rings. The SMILES string of the molecule is C/C(=C\c1cc(Cl)c(Cl)s1)[N+](=O)[O-]. The summed E-state index contributed by atoms with van der Waals surface area (Å²) < 4.78 is 0.448. The Morgan fingerprint density at radius 2 is 2.31 bits per heavy atom. The molecule has 0 N–H and O–H groups in total. The molecule has 0 bridgehead atoms. The molecule has 70 valence electrons. The average Bonchev–Trinajstić information content (AvgIpc) is 2.31. The minimum absolute atomic E-state index is 0.0644. The van der Waals surface area contributed by atoms with Crippen molar-refractivity contribution in [2.45, 2.75) is 6.92 Å². The number of rotatable bonds is 2. The smallest absolute Gasteiger partial charge is 0.244 e. The van der Waals surface area contributed by atoms with Gasteiger partial charge in [0.05, 0.1) is 9.95 Å². The van der Waals surface area contributed by atoms with E-state index in [0.717, 1.165) is 0 Å². The van der Waals surface area contributed by atoms with Crippen molar-refractivity contribution < 1.29 is 4.92 Å². The lowest BCUT2D eigenvalue weighted by Crippen LogP contribution is -1.91. The van der Waals surface area contributed by atoms with Gasteiger partial charge in [-0.15, -0.1) is 11.3 Å². The third kappa shape index (κ3) is 2.69. The Kier molecular flexibility index (Phi) is 3.30. The molecular weight excluding hydrogens is 233 g/mol. The predicted octanol–water partition coefficient (Wildman–Crippen LogP) is 3.69. The van der Waals surface area contributed by atoms with Crippen LogP contribution in [0.4, 0.5) is 0 Å². The topological polar surface area (TPSA) is 43.1 Å². The highest BCUT2D eigenvalue weighted by Gasteiger charge is 2.06. The summed E-state index contributed by atoms with van der Waals surface area (Å²) in [5.41, 5.74) is 0.0644. The summed E-state index contributed by atoms with van der Waals surface area (Å²) in [6.45, 7) is 1.42. The molecule has 1 heterocycles. The summed E-state index contributed by atoms with van der Waals surface area (Å²) in [4.78, 5) is 10.5. The van der Waals surface area contributed by atoms with Crippen molar-refractivity contribution >= 4 is 40.6 Å². The minimum Gasteiger partial charge on any atom is -0.259 e. The van der Waals surface area contributed by atoms with Crippen LogP contribution in [0, 0.1) is 10.1 Å². The van der Waals surface area contributed by atoms with E-state index in [1.54, 1.807) is 6.07 Å². The molecule has 0 saturated carbocycles. The number of halogens is 2. The monoisotopic (exact) mass is 237 g/mol. The molecule has 1 rings (SSSR count). The van der Waals surface area contributed by atoms with Crippen molar-refractivity contribution in [3.63, 3.8) is 0 Å². The molecule has 0 atom stereocenters. The van der Waals surface area contributed by atoms with Gasteiger partial charge in [0.2, 0.25) is 5.70 Å². The highest BCUT2D eigenvalue weighted by Crippen LogP contribution is 2.32. The Hall–Kier alpha value is -0.580. The fraction of sp³-hybridized carbons (Fsp3) is 0.143. The summed E-state index contributed by atoms with van der Waals surface area (Å²) in [6.07, 6.45) is 1.43. The molecule has 0 saturated heterocycles. The maximum absolute atomic E-state index is 10.3. The van der Waals surface area contributed by atoms with E-state index in [9.17, 15) is 10.1 Å². The fourth-order valence-electron chi connectivity index (χ4n) is 0.693. The number of hydrogen-bond acceptors (Lipinski definition) is 3. The Morgan fingerprint density at radius 3 is 2.69 bits per heavy atom. The number of hydrogen-bond donors (Lipinski definition) is 0. The molecule has 1 aromatic heterocycles. The van der Waals surface area contributed by atoms with E-state index in [1.165, 1.54) is 24.3 Å². The van der Waals surface area contributed by atoms with Gasteiger partial charge in [0.25, 0.3) is 0 Å². The first-order valence-electron chi connectivity index (χ1n) is 3.28. The molecule has 0 amide bonds. The first-order chi connectivity index (χ1) is 6.00. The van der Waals surface area contributed by atoms with E-state index in [2.05, 4.69) is 0 Å². The van der Waals surface area contributed by atoms with Crippen molar-refractivity contribution in [2.24, 2.45) is 0 Å². The molecule has 3 nitrogen and oxygen atoms in total. The number of nitro groups is 1. The first kappa shape index (κ1) is 10.5. The predicted molar refractivity (Wildman–Crippen MR) is 55.0 cm³/mol. The second-order valence-electron chi connectivity index (χ2n) is 2.31. The highest BCUT2D eigenvalue weighted by atomic mass is 35.5. The van der Waals surface area contributed by atoms with Gasteiger partial charge >= 0.3 is 0 Å². The van der Waals surface area contributed by atoms with Gasteiger partial charge in [-0.3, -0.25) is 10.1 Å². The zero-order valence-electron chi connectivity index (χ0n) is 6.58. The molecule has 0 aliphatic carbocycles. The molecule has 13 heavy (non-hydrogen) atoms. The van der Waals surface area contributed by atoms with Crippen molar-refractivity contribution in [3.8, 4) is 0 Å².